The predicted molar refractivity (Wildman–Crippen MR) is 92.2 cm³/mol. The second-order valence-electron chi connectivity index (χ2n) is 5.77. The summed E-state index contributed by atoms with van der Waals surface area (Å²) in [5.74, 6) is 2.09. The molecular weight excluding hydrogens is 324 g/mol. The molecule has 124 valence electrons. The van der Waals surface area contributed by atoms with Crippen molar-refractivity contribution in [3.63, 3.8) is 0 Å². The highest BCUT2D eigenvalue weighted by Gasteiger charge is 2.16. The summed E-state index contributed by atoms with van der Waals surface area (Å²) in [5, 5.41) is 8.33. The first kappa shape index (κ1) is 15.2. The van der Waals surface area contributed by atoms with Crippen LogP contribution in [0.5, 0.6) is 0 Å². The van der Waals surface area contributed by atoms with Crippen LogP contribution in [0.1, 0.15) is 12.8 Å². The van der Waals surface area contributed by atoms with Gasteiger partial charge < -0.3 is 10.1 Å². The second-order valence-corrected chi connectivity index (χ2v) is 6.52. The number of anilines is 2. The Labute approximate surface area is 143 Å². The fourth-order valence-electron chi connectivity index (χ4n) is 2.71. The molecule has 3 aromatic heterocycles. The van der Waals surface area contributed by atoms with E-state index >= 15 is 0 Å². The van der Waals surface area contributed by atoms with E-state index in [2.05, 4.69) is 24.8 Å². The van der Waals surface area contributed by atoms with Crippen molar-refractivity contribution >= 4 is 22.5 Å². The third-order valence-electron chi connectivity index (χ3n) is 4.00. The lowest BCUT2D eigenvalue weighted by molar-refractivity contribution is 0.0601. The number of ether oxygens (including phenoxy) is 1. The van der Waals surface area contributed by atoms with Crippen molar-refractivity contribution < 1.29 is 4.74 Å². The zero-order chi connectivity index (χ0) is 16.2. The van der Waals surface area contributed by atoms with Crippen LogP contribution in [0.15, 0.2) is 36.8 Å². The van der Waals surface area contributed by atoms with Crippen LogP contribution in [0.4, 0.5) is 10.9 Å². The molecule has 1 aliphatic rings. The first-order valence-corrected chi connectivity index (χ1v) is 8.76. The predicted octanol–water partition coefficient (Wildman–Crippen LogP) is 2.97. The minimum atomic E-state index is 0.635. The van der Waals surface area contributed by atoms with Crippen LogP contribution in [-0.2, 0) is 11.3 Å². The molecule has 0 radical (unpaired) electrons. The molecule has 0 spiro atoms. The van der Waals surface area contributed by atoms with Crippen molar-refractivity contribution in [2.24, 2.45) is 5.92 Å². The third kappa shape index (κ3) is 3.60. The van der Waals surface area contributed by atoms with Gasteiger partial charge in [-0.3, -0.25) is 4.68 Å². The van der Waals surface area contributed by atoms with Gasteiger partial charge in [-0.2, -0.15) is 14.5 Å². The molecular formula is C16H18N6OS. The van der Waals surface area contributed by atoms with E-state index in [1.165, 1.54) is 11.5 Å². The minimum Gasteiger partial charge on any atom is -0.381 e. The average Bonchev–Trinajstić information content (AvgIpc) is 3.26. The number of hydrogen-bond donors (Lipinski definition) is 1. The van der Waals surface area contributed by atoms with Gasteiger partial charge in [-0.05, 0) is 30.9 Å². The van der Waals surface area contributed by atoms with E-state index in [0.717, 1.165) is 49.1 Å². The second kappa shape index (κ2) is 7.06. The smallest absolute Gasteiger partial charge is 0.208 e. The fourth-order valence-corrected chi connectivity index (χ4v) is 3.31. The van der Waals surface area contributed by atoms with E-state index < -0.39 is 0 Å². The maximum Gasteiger partial charge on any atom is 0.208 e. The highest BCUT2D eigenvalue weighted by atomic mass is 32.1. The van der Waals surface area contributed by atoms with Crippen LogP contribution in [0, 0.1) is 5.92 Å². The highest BCUT2D eigenvalue weighted by molar-refractivity contribution is 7.09. The summed E-state index contributed by atoms with van der Waals surface area (Å²) in [6, 6.07) is 5.70. The lowest BCUT2D eigenvalue weighted by Gasteiger charge is -2.21. The van der Waals surface area contributed by atoms with Gasteiger partial charge in [0.15, 0.2) is 5.82 Å². The molecule has 0 atom stereocenters. The number of rotatable bonds is 5. The van der Waals surface area contributed by atoms with Crippen LogP contribution in [0.25, 0.3) is 11.4 Å². The number of nitrogens with one attached hydrogen (secondary N) is 1. The van der Waals surface area contributed by atoms with Gasteiger partial charge in [0.05, 0.1) is 11.8 Å². The Balaban J connectivity index is 1.43. The molecule has 4 heterocycles. The summed E-state index contributed by atoms with van der Waals surface area (Å²) in [5.41, 5.74) is 0.937. The standard InChI is InChI=1S/C16H18N6OS/c1-2-6-17-14(3-1)19-16-20-15(21-24-16)13-9-18-22(11-13)10-12-4-7-23-8-5-12/h1-3,6,9,11-12H,4-5,7-8,10H2,(H,17,19,20,21). The maximum atomic E-state index is 5.40. The quantitative estimate of drug-likeness (QED) is 0.768. The van der Waals surface area contributed by atoms with Gasteiger partial charge in [0, 0.05) is 43.7 Å². The Morgan fingerprint density at radius 2 is 2.21 bits per heavy atom. The molecule has 0 bridgehead atoms. The monoisotopic (exact) mass is 342 g/mol. The Kier molecular flexibility index (Phi) is 4.48. The normalized spacial score (nSPS) is 15.5. The number of aromatic nitrogens is 5. The Bertz CT molecular complexity index is 781. The van der Waals surface area contributed by atoms with E-state index in [1.54, 1.807) is 6.20 Å². The Morgan fingerprint density at radius 1 is 1.29 bits per heavy atom. The molecule has 0 aromatic carbocycles. The first-order chi connectivity index (χ1) is 11.9. The molecule has 0 aliphatic carbocycles. The van der Waals surface area contributed by atoms with Crippen LogP contribution >= 0.6 is 11.5 Å². The summed E-state index contributed by atoms with van der Waals surface area (Å²) in [4.78, 5) is 8.75. The Morgan fingerprint density at radius 3 is 3.04 bits per heavy atom. The molecule has 0 amide bonds. The largest absolute Gasteiger partial charge is 0.381 e. The van der Waals surface area contributed by atoms with Crippen molar-refractivity contribution in [2.75, 3.05) is 18.5 Å². The van der Waals surface area contributed by atoms with Crippen molar-refractivity contribution in [1.82, 2.24) is 24.1 Å². The van der Waals surface area contributed by atoms with E-state index in [4.69, 9.17) is 4.74 Å². The van der Waals surface area contributed by atoms with E-state index in [0.29, 0.717) is 11.7 Å². The first-order valence-electron chi connectivity index (χ1n) is 7.99. The van der Waals surface area contributed by atoms with Crippen LogP contribution in [0.3, 0.4) is 0 Å². The van der Waals surface area contributed by atoms with Gasteiger partial charge >= 0.3 is 0 Å². The molecule has 0 saturated carbocycles. The average molecular weight is 342 g/mol. The summed E-state index contributed by atoms with van der Waals surface area (Å²) in [6.45, 7) is 2.64. The van der Waals surface area contributed by atoms with Crippen molar-refractivity contribution in [3.8, 4) is 11.4 Å². The topological polar surface area (TPSA) is 77.8 Å². The Hall–Kier alpha value is -2.32. The highest BCUT2D eigenvalue weighted by Crippen LogP contribution is 2.23. The number of pyridine rings is 1. The van der Waals surface area contributed by atoms with Crippen LogP contribution in [-0.4, -0.2) is 37.3 Å². The lowest BCUT2D eigenvalue weighted by atomic mass is 10.0. The number of nitrogens with zero attached hydrogens (tertiary/aromatic N) is 5. The van der Waals surface area contributed by atoms with Gasteiger partial charge in [-0.1, -0.05) is 6.07 Å². The van der Waals surface area contributed by atoms with E-state index in [-0.39, 0.29) is 0 Å². The molecule has 7 nitrogen and oxygen atoms in total. The molecule has 1 aliphatic heterocycles. The van der Waals surface area contributed by atoms with Gasteiger partial charge in [-0.25, -0.2) is 4.98 Å². The maximum absolute atomic E-state index is 5.40. The minimum absolute atomic E-state index is 0.635. The van der Waals surface area contributed by atoms with Crippen molar-refractivity contribution in [3.05, 3.63) is 36.8 Å². The van der Waals surface area contributed by atoms with Gasteiger partial charge in [0.2, 0.25) is 5.13 Å². The van der Waals surface area contributed by atoms with E-state index in [9.17, 15) is 0 Å². The molecule has 4 rings (SSSR count). The third-order valence-corrected chi connectivity index (χ3v) is 4.63. The summed E-state index contributed by atoms with van der Waals surface area (Å²) in [6.07, 6.45) is 7.78. The van der Waals surface area contributed by atoms with Gasteiger partial charge in [-0.15, -0.1) is 0 Å². The van der Waals surface area contributed by atoms with E-state index in [1.807, 2.05) is 35.3 Å². The summed E-state index contributed by atoms with van der Waals surface area (Å²) < 4.78 is 11.8. The SMILES string of the molecule is c1ccc(Nc2nc(-c3cnn(CC4CCOCC4)c3)ns2)nc1. The van der Waals surface area contributed by atoms with Crippen molar-refractivity contribution in [2.45, 2.75) is 19.4 Å². The zero-order valence-electron chi connectivity index (χ0n) is 13.1. The van der Waals surface area contributed by atoms with Gasteiger partial charge in [0.1, 0.15) is 5.82 Å². The molecule has 8 heteroatoms. The zero-order valence-corrected chi connectivity index (χ0v) is 13.9. The summed E-state index contributed by atoms with van der Waals surface area (Å²) in [7, 11) is 0. The number of hydrogen-bond acceptors (Lipinski definition) is 7. The molecule has 3 aromatic rings. The van der Waals surface area contributed by atoms with Crippen LogP contribution in [0.2, 0.25) is 0 Å². The molecule has 1 fully saturated rings. The van der Waals surface area contributed by atoms with Gasteiger partial charge in [0.25, 0.3) is 0 Å². The summed E-state index contributed by atoms with van der Waals surface area (Å²) >= 11 is 1.32. The van der Waals surface area contributed by atoms with Crippen LogP contribution < -0.4 is 5.32 Å². The fraction of sp³-hybridized carbons (Fsp3) is 0.375. The molecule has 24 heavy (non-hydrogen) atoms. The van der Waals surface area contributed by atoms with Crippen molar-refractivity contribution in [1.29, 1.82) is 0 Å². The molecule has 1 saturated heterocycles. The molecule has 1 N–H and O–H groups in total. The molecule has 0 unspecified atom stereocenters. The lowest BCUT2D eigenvalue weighted by Crippen LogP contribution is -2.20.